The molecule has 0 aliphatic carbocycles. The van der Waals surface area contributed by atoms with Crippen LogP contribution in [0.5, 0.6) is 0 Å². The molecular formula is C15H15N3O2. The molecule has 20 heavy (non-hydrogen) atoms. The van der Waals surface area contributed by atoms with Gasteiger partial charge in [0.05, 0.1) is 18.0 Å². The van der Waals surface area contributed by atoms with Crippen LogP contribution in [-0.2, 0) is 4.74 Å². The lowest BCUT2D eigenvalue weighted by atomic mass is 10.1. The summed E-state index contributed by atoms with van der Waals surface area (Å²) in [6.07, 6.45) is 0. The molecule has 0 N–H and O–H groups in total. The van der Waals surface area contributed by atoms with Gasteiger partial charge >= 0.3 is 5.97 Å². The molecule has 2 heterocycles. The van der Waals surface area contributed by atoms with Gasteiger partial charge in [-0.3, -0.25) is 0 Å². The number of hydrogen-bond donors (Lipinski definition) is 0. The second-order valence-electron chi connectivity index (χ2n) is 4.63. The summed E-state index contributed by atoms with van der Waals surface area (Å²) < 4.78 is 6.68. The lowest BCUT2D eigenvalue weighted by Gasteiger charge is -2.06. The summed E-state index contributed by atoms with van der Waals surface area (Å²) in [5.74, 6) is -0.389. The standard InChI is InChI=1S/C15H15N3O2/c1-4-20-15(19)13-10(3)16-14-12-8-6-5-7-11(12)9(2)17-18(13)14/h5-8H,4H2,1-3H3. The van der Waals surface area contributed by atoms with Crippen LogP contribution in [0, 0.1) is 13.8 Å². The van der Waals surface area contributed by atoms with E-state index in [1.165, 1.54) is 0 Å². The summed E-state index contributed by atoms with van der Waals surface area (Å²) in [5, 5.41) is 6.51. The molecule has 0 radical (unpaired) electrons. The Labute approximate surface area is 116 Å². The maximum absolute atomic E-state index is 12.1. The molecule has 0 saturated carbocycles. The fourth-order valence-corrected chi connectivity index (χ4v) is 2.42. The van der Waals surface area contributed by atoms with Crippen LogP contribution in [0.2, 0.25) is 0 Å². The molecule has 0 bridgehead atoms. The Bertz CT molecular complexity index is 821. The number of imidazole rings is 1. The van der Waals surface area contributed by atoms with Crippen LogP contribution in [0.25, 0.3) is 16.4 Å². The largest absolute Gasteiger partial charge is 0.461 e. The number of fused-ring (bicyclic) bond motifs is 3. The Morgan fingerprint density at radius 2 is 1.90 bits per heavy atom. The average molecular weight is 269 g/mol. The van der Waals surface area contributed by atoms with Gasteiger partial charge in [-0.2, -0.15) is 5.10 Å². The monoisotopic (exact) mass is 269 g/mol. The van der Waals surface area contributed by atoms with E-state index < -0.39 is 0 Å². The Hall–Kier alpha value is -2.43. The fraction of sp³-hybridized carbons (Fsp3) is 0.267. The number of esters is 1. The van der Waals surface area contributed by atoms with Gasteiger partial charge in [0.2, 0.25) is 0 Å². The van der Waals surface area contributed by atoms with Gasteiger partial charge in [0, 0.05) is 10.8 Å². The van der Waals surface area contributed by atoms with Crippen molar-refractivity contribution in [3.63, 3.8) is 0 Å². The highest BCUT2D eigenvalue weighted by Crippen LogP contribution is 2.23. The summed E-state index contributed by atoms with van der Waals surface area (Å²) in [7, 11) is 0. The van der Waals surface area contributed by atoms with Crippen LogP contribution in [0.3, 0.4) is 0 Å². The van der Waals surface area contributed by atoms with E-state index in [4.69, 9.17) is 4.74 Å². The molecule has 102 valence electrons. The van der Waals surface area contributed by atoms with Gasteiger partial charge in [-0.05, 0) is 20.8 Å². The smallest absolute Gasteiger partial charge is 0.358 e. The molecule has 0 atom stereocenters. The first kappa shape index (κ1) is 12.6. The van der Waals surface area contributed by atoms with Gasteiger partial charge in [0.25, 0.3) is 0 Å². The van der Waals surface area contributed by atoms with Gasteiger partial charge in [-0.15, -0.1) is 0 Å². The highest BCUT2D eigenvalue weighted by molar-refractivity contribution is 5.98. The van der Waals surface area contributed by atoms with Crippen LogP contribution in [0.4, 0.5) is 0 Å². The molecular weight excluding hydrogens is 254 g/mol. The number of nitrogens with zero attached hydrogens (tertiary/aromatic N) is 3. The summed E-state index contributed by atoms with van der Waals surface area (Å²) in [5.41, 5.74) is 2.57. The fourth-order valence-electron chi connectivity index (χ4n) is 2.42. The van der Waals surface area contributed by atoms with E-state index in [1.54, 1.807) is 18.4 Å². The summed E-state index contributed by atoms with van der Waals surface area (Å²) in [6, 6.07) is 7.91. The predicted molar refractivity (Wildman–Crippen MR) is 75.9 cm³/mol. The molecule has 1 aromatic carbocycles. The summed E-state index contributed by atoms with van der Waals surface area (Å²) in [4.78, 5) is 16.6. The first-order valence-electron chi connectivity index (χ1n) is 6.55. The molecule has 5 heteroatoms. The SMILES string of the molecule is CCOC(=O)c1c(C)nc2c3ccccc3c(C)nn12. The van der Waals surface area contributed by atoms with Gasteiger partial charge < -0.3 is 4.74 Å². The minimum Gasteiger partial charge on any atom is -0.461 e. The minimum atomic E-state index is -0.389. The highest BCUT2D eigenvalue weighted by atomic mass is 16.5. The number of aryl methyl sites for hydroxylation is 2. The van der Waals surface area contributed by atoms with Gasteiger partial charge in [0.1, 0.15) is 0 Å². The van der Waals surface area contributed by atoms with Crippen molar-refractivity contribution in [1.29, 1.82) is 0 Å². The summed E-state index contributed by atoms with van der Waals surface area (Å²) >= 11 is 0. The van der Waals surface area contributed by atoms with E-state index >= 15 is 0 Å². The molecule has 0 unspecified atom stereocenters. The average Bonchev–Trinajstić information content (AvgIpc) is 2.76. The van der Waals surface area contributed by atoms with E-state index in [9.17, 15) is 4.79 Å². The Balaban J connectivity index is 2.39. The lowest BCUT2D eigenvalue weighted by molar-refractivity contribution is 0.0516. The van der Waals surface area contributed by atoms with Crippen molar-refractivity contribution in [1.82, 2.24) is 14.6 Å². The van der Waals surface area contributed by atoms with Crippen molar-refractivity contribution in [2.75, 3.05) is 6.61 Å². The number of carbonyl (C=O) groups excluding carboxylic acids is 1. The van der Waals surface area contributed by atoms with E-state index in [0.717, 1.165) is 16.5 Å². The van der Waals surface area contributed by atoms with Crippen molar-refractivity contribution in [2.24, 2.45) is 0 Å². The van der Waals surface area contributed by atoms with Crippen LogP contribution >= 0.6 is 0 Å². The molecule has 0 aliphatic rings. The normalized spacial score (nSPS) is 11.2. The third kappa shape index (κ3) is 1.74. The minimum absolute atomic E-state index is 0.331. The maximum Gasteiger partial charge on any atom is 0.358 e. The van der Waals surface area contributed by atoms with E-state index in [1.807, 2.05) is 31.2 Å². The zero-order chi connectivity index (χ0) is 14.3. The van der Waals surface area contributed by atoms with Gasteiger partial charge in [-0.1, -0.05) is 24.3 Å². The Morgan fingerprint density at radius 1 is 1.20 bits per heavy atom. The molecule has 0 spiro atoms. The first-order chi connectivity index (χ1) is 9.63. The van der Waals surface area contributed by atoms with Crippen LogP contribution in [0.1, 0.15) is 28.8 Å². The van der Waals surface area contributed by atoms with E-state index in [-0.39, 0.29) is 5.97 Å². The topological polar surface area (TPSA) is 56.5 Å². The summed E-state index contributed by atoms with van der Waals surface area (Å²) in [6.45, 7) is 5.83. The predicted octanol–water partition coefficient (Wildman–Crippen LogP) is 2.68. The number of hydrogen-bond acceptors (Lipinski definition) is 4. The molecule has 3 rings (SSSR count). The zero-order valence-electron chi connectivity index (χ0n) is 11.7. The maximum atomic E-state index is 12.1. The number of aromatic nitrogens is 3. The van der Waals surface area contributed by atoms with Crippen molar-refractivity contribution in [3.05, 3.63) is 41.3 Å². The van der Waals surface area contributed by atoms with Crippen molar-refractivity contribution in [3.8, 4) is 0 Å². The number of rotatable bonds is 2. The highest BCUT2D eigenvalue weighted by Gasteiger charge is 2.20. The van der Waals surface area contributed by atoms with Crippen molar-refractivity contribution >= 4 is 22.4 Å². The second kappa shape index (κ2) is 4.59. The molecule has 3 aromatic rings. The van der Waals surface area contributed by atoms with Crippen molar-refractivity contribution in [2.45, 2.75) is 20.8 Å². The lowest BCUT2D eigenvalue weighted by Crippen LogP contribution is -2.11. The number of benzene rings is 1. The molecule has 5 nitrogen and oxygen atoms in total. The van der Waals surface area contributed by atoms with Crippen LogP contribution in [0.15, 0.2) is 24.3 Å². The molecule has 0 aliphatic heterocycles. The second-order valence-corrected chi connectivity index (χ2v) is 4.63. The van der Waals surface area contributed by atoms with Gasteiger partial charge in [-0.25, -0.2) is 14.3 Å². The molecule has 0 amide bonds. The van der Waals surface area contributed by atoms with Crippen LogP contribution < -0.4 is 0 Å². The Morgan fingerprint density at radius 3 is 2.60 bits per heavy atom. The molecule has 2 aromatic heterocycles. The first-order valence-corrected chi connectivity index (χ1v) is 6.55. The molecule has 0 fully saturated rings. The van der Waals surface area contributed by atoms with Crippen molar-refractivity contribution < 1.29 is 9.53 Å². The quantitative estimate of drug-likeness (QED) is 0.671. The number of carbonyl (C=O) groups is 1. The third-order valence-electron chi connectivity index (χ3n) is 3.31. The van der Waals surface area contributed by atoms with Crippen LogP contribution in [-0.4, -0.2) is 27.2 Å². The zero-order valence-corrected chi connectivity index (χ0v) is 11.7. The number of ether oxygens (including phenoxy) is 1. The van der Waals surface area contributed by atoms with E-state index in [2.05, 4.69) is 10.1 Å². The van der Waals surface area contributed by atoms with E-state index in [0.29, 0.717) is 23.6 Å². The third-order valence-corrected chi connectivity index (χ3v) is 3.31. The van der Waals surface area contributed by atoms with Gasteiger partial charge in [0.15, 0.2) is 11.3 Å². The molecule has 0 saturated heterocycles. The Kier molecular flexibility index (Phi) is 2.89.